The normalized spacial score (nSPS) is 13.2. The highest BCUT2D eigenvalue weighted by Gasteiger charge is 2.24. The van der Waals surface area contributed by atoms with Crippen molar-refractivity contribution in [1.29, 1.82) is 0 Å². The minimum atomic E-state index is 0.00660. The molecule has 0 bridgehead atoms. The van der Waals surface area contributed by atoms with E-state index in [9.17, 15) is 4.79 Å². The van der Waals surface area contributed by atoms with Crippen molar-refractivity contribution in [3.8, 4) is 0 Å². The summed E-state index contributed by atoms with van der Waals surface area (Å²) in [5.41, 5.74) is 5.81. The van der Waals surface area contributed by atoms with Crippen LogP contribution in [0.15, 0.2) is 4.52 Å². The Morgan fingerprint density at radius 1 is 1.40 bits per heavy atom. The highest BCUT2D eigenvalue weighted by molar-refractivity contribution is 5.75. The molecule has 6 nitrogen and oxygen atoms in total. The standard InChI is InChI=1S/C14H26N4O2/c1-10-17-13(20-18-10)9-16-12(19)6-5-11(7-8-15)14(2,3)4/h11H,5-9,15H2,1-4H3,(H,16,19). The van der Waals surface area contributed by atoms with Crippen molar-refractivity contribution in [3.63, 3.8) is 0 Å². The summed E-state index contributed by atoms with van der Waals surface area (Å²) in [6.45, 7) is 9.25. The van der Waals surface area contributed by atoms with Crippen LogP contribution in [0.25, 0.3) is 0 Å². The van der Waals surface area contributed by atoms with Gasteiger partial charge in [0, 0.05) is 6.42 Å². The predicted octanol–water partition coefficient (Wildman–Crippen LogP) is 1.79. The molecule has 114 valence electrons. The molecule has 20 heavy (non-hydrogen) atoms. The van der Waals surface area contributed by atoms with Crippen LogP contribution in [0.5, 0.6) is 0 Å². The maximum absolute atomic E-state index is 11.8. The number of nitrogens with one attached hydrogen (secondary N) is 1. The first-order valence-corrected chi connectivity index (χ1v) is 7.09. The fraction of sp³-hybridized carbons (Fsp3) is 0.786. The fourth-order valence-corrected chi connectivity index (χ4v) is 2.19. The number of carbonyl (C=O) groups excluding carboxylic acids is 1. The van der Waals surface area contributed by atoms with E-state index in [4.69, 9.17) is 10.3 Å². The Balaban J connectivity index is 2.34. The summed E-state index contributed by atoms with van der Waals surface area (Å²) < 4.78 is 4.94. The van der Waals surface area contributed by atoms with Crippen LogP contribution < -0.4 is 11.1 Å². The lowest BCUT2D eigenvalue weighted by Crippen LogP contribution is -2.27. The second-order valence-corrected chi connectivity index (χ2v) is 6.19. The molecule has 1 unspecified atom stereocenters. The van der Waals surface area contributed by atoms with Crippen molar-refractivity contribution >= 4 is 5.91 Å². The van der Waals surface area contributed by atoms with Crippen molar-refractivity contribution in [1.82, 2.24) is 15.5 Å². The Morgan fingerprint density at radius 2 is 2.10 bits per heavy atom. The molecule has 1 atom stereocenters. The molecule has 1 aromatic heterocycles. The van der Waals surface area contributed by atoms with Gasteiger partial charge in [-0.1, -0.05) is 25.9 Å². The Kier molecular flexibility index (Phi) is 6.13. The summed E-state index contributed by atoms with van der Waals surface area (Å²) in [6.07, 6.45) is 2.28. The zero-order valence-electron chi connectivity index (χ0n) is 12.9. The number of rotatable bonds is 7. The number of aryl methyl sites for hydroxylation is 1. The number of amides is 1. The van der Waals surface area contributed by atoms with E-state index in [2.05, 4.69) is 36.2 Å². The zero-order chi connectivity index (χ0) is 15.2. The zero-order valence-corrected chi connectivity index (χ0v) is 12.9. The van der Waals surface area contributed by atoms with Crippen LogP contribution in [0.4, 0.5) is 0 Å². The third-order valence-electron chi connectivity index (χ3n) is 3.47. The smallest absolute Gasteiger partial charge is 0.246 e. The molecule has 0 aromatic carbocycles. The van der Waals surface area contributed by atoms with E-state index in [1.807, 2.05) is 0 Å². The van der Waals surface area contributed by atoms with Gasteiger partial charge in [-0.3, -0.25) is 4.79 Å². The van der Waals surface area contributed by atoms with E-state index < -0.39 is 0 Å². The molecule has 0 spiro atoms. The maximum atomic E-state index is 11.8. The second-order valence-electron chi connectivity index (χ2n) is 6.19. The molecule has 0 fully saturated rings. The number of nitrogens with zero attached hydrogens (tertiary/aromatic N) is 2. The first-order valence-electron chi connectivity index (χ1n) is 7.09. The molecule has 0 radical (unpaired) electrons. The number of nitrogens with two attached hydrogens (primary N) is 1. The molecular formula is C14H26N4O2. The molecule has 0 aliphatic carbocycles. The average Bonchev–Trinajstić information content (AvgIpc) is 2.76. The monoisotopic (exact) mass is 282 g/mol. The molecule has 0 aliphatic heterocycles. The number of carbonyl (C=O) groups is 1. The highest BCUT2D eigenvalue weighted by atomic mass is 16.5. The van der Waals surface area contributed by atoms with Gasteiger partial charge in [-0.05, 0) is 37.6 Å². The van der Waals surface area contributed by atoms with Gasteiger partial charge in [0.15, 0.2) is 5.82 Å². The van der Waals surface area contributed by atoms with Crippen molar-refractivity contribution in [2.24, 2.45) is 17.1 Å². The van der Waals surface area contributed by atoms with Crippen LogP contribution in [-0.4, -0.2) is 22.6 Å². The SMILES string of the molecule is Cc1noc(CNC(=O)CCC(CCN)C(C)(C)C)n1. The van der Waals surface area contributed by atoms with E-state index in [0.29, 0.717) is 30.6 Å². The topological polar surface area (TPSA) is 94.0 Å². The van der Waals surface area contributed by atoms with E-state index in [-0.39, 0.29) is 17.9 Å². The van der Waals surface area contributed by atoms with Gasteiger partial charge in [0.05, 0.1) is 6.54 Å². The summed E-state index contributed by atoms with van der Waals surface area (Å²) in [5, 5.41) is 6.47. The van der Waals surface area contributed by atoms with Crippen molar-refractivity contribution in [2.75, 3.05) is 6.54 Å². The number of aromatic nitrogens is 2. The predicted molar refractivity (Wildman–Crippen MR) is 76.7 cm³/mol. The van der Waals surface area contributed by atoms with Gasteiger partial charge in [0.25, 0.3) is 0 Å². The van der Waals surface area contributed by atoms with Crippen LogP contribution in [0.1, 0.15) is 51.7 Å². The van der Waals surface area contributed by atoms with Gasteiger partial charge in [-0.25, -0.2) is 0 Å². The molecule has 1 heterocycles. The van der Waals surface area contributed by atoms with Crippen LogP contribution >= 0.6 is 0 Å². The summed E-state index contributed by atoms with van der Waals surface area (Å²) in [5.74, 6) is 1.46. The third-order valence-corrected chi connectivity index (χ3v) is 3.47. The third kappa shape index (κ3) is 5.69. The van der Waals surface area contributed by atoms with Gasteiger partial charge in [0.1, 0.15) is 0 Å². The summed E-state index contributed by atoms with van der Waals surface area (Å²) in [7, 11) is 0. The van der Waals surface area contributed by atoms with Gasteiger partial charge in [0.2, 0.25) is 11.8 Å². The summed E-state index contributed by atoms with van der Waals surface area (Å²) in [4.78, 5) is 15.9. The van der Waals surface area contributed by atoms with Gasteiger partial charge in [-0.2, -0.15) is 4.98 Å². The Hall–Kier alpha value is -1.43. The minimum absolute atomic E-state index is 0.00660. The largest absolute Gasteiger partial charge is 0.347 e. The van der Waals surface area contributed by atoms with Crippen LogP contribution in [0.3, 0.4) is 0 Å². The minimum Gasteiger partial charge on any atom is -0.347 e. The molecule has 0 saturated heterocycles. The number of hydrogen-bond acceptors (Lipinski definition) is 5. The lowest BCUT2D eigenvalue weighted by Gasteiger charge is -2.30. The first kappa shape index (κ1) is 16.6. The van der Waals surface area contributed by atoms with Crippen molar-refractivity contribution in [2.45, 2.75) is 53.5 Å². The lowest BCUT2D eigenvalue weighted by atomic mass is 9.76. The molecule has 3 N–H and O–H groups in total. The molecular weight excluding hydrogens is 256 g/mol. The van der Waals surface area contributed by atoms with E-state index in [1.54, 1.807) is 6.92 Å². The summed E-state index contributed by atoms with van der Waals surface area (Å²) in [6, 6.07) is 0. The summed E-state index contributed by atoms with van der Waals surface area (Å²) >= 11 is 0. The van der Waals surface area contributed by atoms with E-state index >= 15 is 0 Å². The van der Waals surface area contributed by atoms with Crippen molar-refractivity contribution in [3.05, 3.63) is 11.7 Å². The van der Waals surface area contributed by atoms with Gasteiger partial charge < -0.3 is 15.6 Å². The molecule has 0 aliphatic rings. The maximum Gasteiger partial charge on any atom is 0.246 e. The highest BCUT2D eigenvalue weighted by Crippen LogP contribution is 2.31. The fourth-order valence-electron chi connectivity index (χ4n) is 2.19. The molecule has 1 rings (SSSR count). The average molecular weight is 282 g/mol. The molecule has 0 saturated carbocycles. The van der Waals surface area contributed by atoms with Crippen molar-refractivity contribution < 1.29 is 9.32 Å². The molecule has 1 amide bonds. The molecule has 1 aromatic rings. The Morgan fingerprint density at radius 3 is 2.60 bits per heavy atom. The van der Waals surface area contributed by atoms with Gasteiger partial charge >= 0.3 is 0 Å². The lowest BCUT2D eigenvalue weighted by molar-refractivity contribution is -0.121. The first-order chi connectivity index (χ1) is 9.32. The van der Waals surface area contributed by atoms with Gasteiger partial charge in [-0.15, -0.1) is 0 Å². The molecule has 6 heteroatoms. The Bertz CT molecular complexity index is 423. The van der Waals surface area contributed by atoms with Crippen LogP contribution in [0.2, 0.25) is 0 Å². The van der Waals surface area contributed by atoms with E-state index in [1.165, 1.54) is 0 Å². The number of hydrogen-bond donors (Lipinski definition) is 2. The van der Waals surface area contributed by atoms with E-state index in [0.717, 1.165) is 12.8 Å². The second kappa shape index (κ2) is 7.38. The Labute approximate surface area is 120 Å². The van der Waals surface area contributed by atoms with Crippen LogP contribution in [0, 0.1) is 18.3 Å². The quantitative estimate of drug-likeness (QED) is 0.795. The van der Waals surface area contributed by atoms with Crippen LogP contribution in [-0.2, 0) is 11.3 Å².